The van der Waals surface area contributed by atoms with E-state index >= 15 is 0 Å². The van der Waals surface area contributed by atoms with Crippen molar-refractivity contribution in [3.05, 3.63) is 12.7 Å². The lowest BCUT2D eigenvalue weighted by Gasteiger charge is -2.31. The van der Waals surface area contributed by atoms with Gasteiger partial charge in [0, 0.05) is 19.1 Å². The Hall–Kier alpha value is -0.780. The van der Waals surface area contributed by atoms with Gasteiger partial charge in [-0.05, 0) is 31.6 Å². The minimum atomic E-state index is 0.132. The topological polar surface area (TPSA) is 40.5 Å². The highest BCUT2D eigenvalue weighted by Crippen LogP contribution is 2.33. The first-order chi connectivity index (χ1) is 8.19. The molecule has 0 heterocycles. The summed E-state index contributed by atoms with van der Waals surface area (Å²) in [6.07, 6.45) is 14.7. The first-order valence-corrected chi connectivity index (χ1v) is 6.31. The largest absolute Gasteiger partial charge is 0.396 e. The van der Waals surface area contributed by atoms with Crippen molar-refractivity contribution in [3.63, 3.8) is 0 Å². The van der Waals surface area contributed by atoms with Crippen LogP contribution in [-0.4, -0.2) is 23.4 Å². The van der Waals surface area contributed by atoms with Crippen LogP contribution >= 0.6 is 0 Å². The van der Waals surface area contributed by atoms with Gasteiger partial charge in [0.1, 0.15) is 0 Å². The summed E-state index contributed by atoms with van der Waals surface area (Å²) in [6, 6.07) is 0. The van der Waals surface area contributed by atoms with Gasteiger partial charge in [0.05, 0.1) is 0 Å². The zero-order valence-electron chi connectivity index (χ0n) is 11.3. The van der Waals surface area contributed by atoms with Gasteiger partial charge in [-0.3, -0.25) is 0 Å². The van der Waals surface area contributed by atoms with Crippen molar-refractivity contribution in [3.8, 4) is 12.8 Å². The van der Waals surface area contributed by atoms with E-state index in [1.165, 1.54) is 25.7 Å². The van der Waals surface area contributed by atoms with Crippen molar-refractivity contribution in [2.24, 2.45) is 17.8 Å². The molecule has 1 unspecified atom stereocenters. The standard InChI is InChI=1S/C10H20O2.C3H6.C2H2/c1-8-3-2-4-9(5-8)10(6-11)7-12;1-3-2;1-2/h8-12H,2-7H2,1H3;3H,1H2,2H3;1-2H/t8-,9?;;/m1../s1. The van der Waals surface area contributed by atoms with Gasteiger partial charge in [0.15, 0.2) is 0 Å². The third-order valence-corrected chi connectivity index (χ3v) is 3.11. The van der Waals surface area contributed by atoms with Crippen LogP contribution in [0, 0.1) is 30.6 Å². The summed E-state index contributed by atoms with van der Waals surface area (Å²) in [4.78, 5) is 0. The predicted molar refractivity (Wildman–Crippen MR) is 74.5 cm³/mol. The molecule has 0 aromatic carbocycles. The van der Waals surface area contributed by atoms with Crippen LogP contribution in [0.1, 0.15) is 39.5 Å². The fourth-order valence-electron chi connectivity index (χ4n) is 2.27. The monoisotopic (exact) mass is 240 g/mol. The molecule has 0 spiro atoms. The van der Waals surface area contributed by atoms with Gasteiger partial charge in [-0.25, -0.2) is 0 Å². The van der Waals surface area contributed by atoms with E-state index in [2.05, 4.69) is 26.3 Å². The number of hydrogen-bond acceptors (Lipinski definition) is 2. The smallest absolute Gasteiger partial charge is 0.0483 e. The molecule has 0 aromatic heterocycles. The molecule has 17 heavy (non-hydrogen) atoms. The van der Waals surface area contributed by atoms with Crippen LogP contribution < -0.4 is 0 Å². The van der Waals surface area contributed by atoms with E-state index in [4.69, 9.17) is 10.2 Å². The summed E-state index contributed by atoms with van der Waals surface area (Å²) in [5, 5.41) is 18.0. The second kappa shape index (κ2) is 13.3. The van der Waals surface area contributed by atoms with Gasteiger partial charge in [0.2, 0.25) is 0 Å². The molecular weight excluding hydrogens is 212 g/mol. The second-order valence-electron chi connectivity index (χ2n) is 4.57. The lowest BCUT2D eigenvalue weighted by atomic mass is 9.76. The summed E-state index contributed by atoms with van der Waals surface area (Å²) in [7, 11) is 0. The molecule has 2 nitrogen and oxygen atoms in total. The zero-order valence-corrected chi connectivity index (χ0v) is 11.3. The van der Waals surface area contributed by atoms with Crippen LogP contribution in [0.2, 0.25) is 0 Å². The Morgan fingerprint density at radius 3 is 2.12 bits per heavy atom. The zero-order chi connectivity index (χ0) is 13.7. The van der Waals surface area contributed by atoms with E-state index < -0.39 is 0 Å². The van der Waals surface area contributed by atoms with E-state index in [-0.39, 0.29) is 19.1 Å². The van der Waals surface area contributed by atoms with E-state index in [0.29, 0.717) is 5.92 Å². The van der Waals surface area contributed by atoms with E-state index in [1.807, 2.05) is 6.92 Å². The Labute approximate surface area is 107 Å². The lowest BCUT2D eigenvalue weighted by molar-refractivity contribution is 0.0779. The number of allylic oxidation sites excluding steroid dienone is 1. The molecule has 0 amide bonds. The Kier molecular flexibility index (Phi) is 14.5. The molecular formula is C15H28O2. The van der Waals surface area contributed by atoms with Crippen LogP contribution in [0.25, 0.3) is 0 Å². The number of aliphatic hydroxyl groups is 2. The first kappa shape index (κ1) is 18.6. The highest BCUT2D eigenvalue weighted by molar-refractivity contribution is 4.76. The minimum absolute atomic E-state index is 0.132. The molecule has 2 heteroatoms. The predicted octanol–water partition coefficient (Wildman–Crippen LogP) is 2.86. The van der Waals surface area contributed by atoms with Crippen LogP contribution in [0.15, 0.2) is 12.7 Å². The van der Waals surface area contributed by atoms with Crippen LogP contribution in [-0.2, 0) is 0 Å². The quantitative estimate of drug-likeness (QED) is 0.588. The Morgan fingerprint density at radius 1 is 1.29 bits per heavy atom. The van der Waals surface area contributed by atoms with E-state index in [1.54, 1.807) is 6.08 Å². The molecule has 0 bridgehead atoms. The molecule has 2 N–H and O–H groups in total. The molecule has 0 saturated heterocycles. The Balaban J connectivity index is 0. The molecule has 0 radical (unpaired) electrons. The van der Waals surface area contributed by atoms with Gasteiger partial charge < -0.3 is 10.2 Å². The average molecular weight is 240 g/mol. The van der Waals surface area contributed by atoms with E-state index in [0.717, 1.165) is 5.92 Å². The van der Waals surface area contributed by atoms with Crippen molar-refractivity contribution >= 4 is 0 Å². The van der Waals surface area contributed by atoms with Crippen molar-refractivity contribution in [2.45, 2.75) is 39.5 Å². The highest BCUT2D eigenvalue weighted by atomic mass is 16.3. The maximum absolute atomic E-state index is 9.00. The SMILES string of the molecule is C#C.C=CC.C[C@@H]1CCCC(C(CO)CO)C1. The normalized spacial score (nSPS) is 22.8. The fourth-order valence-corrected chi connectivity index (χ4v) is 2.27. The Bertz CT molecular complexity index is 183. The van der Waals surface area contributed by atoms with Gasteiger partial charge in [-0.1, -0.05) is 25.8 Å². The third-order valence-electron chi connectivity index (χ3n) is 3.11. The van der Waals surface area contributed by atoms with Gasteiger partial charge in [0.25, 0.3) is 0 Å². The third kappa shape index (κ3) is 8.97. The second-order valence-corrected chi connectivity index (χ2v) is 4.57. The van der Waals surface area contributed by atoms with Crippen molar-refractivity contribution < 1.29 is 10.2 Å². The molecule has 1 rings (SSSR count). The van der Waals surface area contributed by atoms with Crippen molar-refractivity contribution in [2.75, 3.05) is 13.2 Å². The number of aliphatic hydroxyl groups excluding tert-OH is 2. The van der Waals surface area contributed by atoms with Gasteiger partial charge in [-0.2, -0.15) is 0 Å². The average Bonchev–Trinajstić information content (AvgIpc) is 2.34. The molecule has 0 aromatic rings. The summed E-state index contributed by atoms with van der Waals surface area (Å²) < 4.78 is 0. The number of rotatable bonds is 3. The molecule has 1 aliphatic carbocycles. The van der Waals surface area contributed by atoms with E-state index in [9.17, 15) is 0 Å². The fraction of sp³-hybridized carbons (Fsp3) is 0.733. The van der Waals surface area contributed by atoms with Crippen LogP contribution in [0.3, 0.4) is 0 Å². The molecule has 100 valence electrons. The first-order valence-electron chi connectivity index (χ1n) is 6.31. The summed E-state index contributed by atoms with van der Waals surface area (Å²) in [5.74, 6) is 1.47. The summed E-state index contributed by atoms with van der Waals surface area (Å²) in [6.45, 7) is 7.81. The maximum atomic E-state index is 9.00. The number of terminal acetylenes is 1. The lowest BCUT2D eigenvalue weighted by Crippen LogP contribution is -2.26. The summed E-state index contributed by atoms with van der Waals surface area (Å²) in [5.41, 5.74) is 0. The highest BCUT2D eigenvalue weighted by Gasteiger charge is 2.25. The Morgan fingerprint density at radius 2 is 1.76 bits per heavy atom. The molecule has 1 fully saturated rings. The summed E-state index contributed by atoms with van der Waals surface area (Å²) >= 11 is 0. The number of hydrogen-bond donors (Lipinski definition) is 2. The maximum Gasteiger partial charge on any atom is 0.0483 e. The van der Waals surface area contributed by atoms with Gasteiger partial charge in [-0.15, -0.1) is 19.4 Å². The molecule has 2 atom stereocenters. The molecule has 0 aliphatic heterocycles. The molecule has 1 saturated carbocycles. The van der Waals surface area contributed by atoms with Crippen molar-refractivity contribution in [1.82, 2.24) is 0 Å². The van der Waals surface area contributed by atoms with Gasteiger partial charge >= 0.3 is 0 Å². The van der Waals surface area contributed by atoms with Crippen LogP contribution in [0.4, 0.5) is 0 Å². The van der Waals surface area contributed by atoms with Crippen LogP contribution in [0.5, 0.6) is 0 Å². The van der Waals surface area contributed by atoms with Crippen molar-refractivity contribution in [1.29, 1.82) is 0 Å². The molecule has 1 aliphatic rings. The minimum Gasteiger partial charge on any atom is -0.396 e.